The Labute approximate surface area is 172 Å². The van der Waals surface area contributed by atoms with Gasteiger partial charge in [0.2, 0.25) is 0 Å². The molecule has 0 aliphatic heterocycles. The van der Waals surface area contributed by atoms with Crippen molar-refractivity contribution in [2.45, 2.75) is 20.8 Å². The smallest absolute Gasteiger partial charge is 0.164 e. The maximum atomic E-state index is 14.9. The Balaban J connectivity index is 2.50. The maximum absolute atomic E-state index is 14.9. The molecule has 0 bridgehead atoms. The third-order valence-corrected chi connectivity index (χ3v) is 7.21. The van der Waals surface area contributed by atoms with Crippen LogP contribution in [0.1, 0.15) is 16.7 Å². The van der Waals surface area contributed by atoms with Crippen LogP contribution in [0.4, 0.5) is 39.5 Å². The first-order valence-electron chi connectivity index (χ1n) is 8.60. The van der Waals surface area contributed by atoms with E-state index in [-0.39, 0.29) is 0 Å². The molecule has 0 heterocycles. The molecule has 0 atom stereocenters. The average molecular weight is 466 g/mol. The Morgan fingerprint density at radius 1 is 0.419 bits per heavy atom. The Bertz CT molecular complexity index is 1070. The molecule has 0 N–H and O–H groups in total. The van der Waals surface area contributed by atoms with Crippen molar-refractivity contribution in [3.63, 3.8) is 0 Å². The summed E-state index contributed by atoms with van der Waals surface area (Å²) in [4.78, 5) is 0. The van der Waals surface area contributed by atoms with Gasteiger partial charge in [0.1, 0.15) is 17.5 Å². The van der Waals surface area contributed by atoms with E-state index in [1.807, 2.05) is 0 Å². The van der Waals surface area contributed by atoms with E-state index in [9.17, 15) is 39.5 Å². The Kier molecular flexibility index (Phi) is 6.11. The van der Waals surface area contributed by atoms with E-state index < -0.39 is 92.9 Å². The van der Waals surface area contributed by atoms with Crippen molar-refractivity contribution >= 4 is 23.8 Å². The number of halogens is 9. The molecule has 0 aliphatic rings. The Hall–Kier alpha value is -2.54. The molecule has 3 rings (SSSR count). The summed E-state index contributed by atoms with van der Waals surface area (Å²) >= 11 is 0. The first-order chi connectivity index (χ1) is 14.4. The van der Waals surface area contributed by atoms with Crippen LogP contribution >= 0.6 is 7.92 Å². The molecule has 0 fully saturated rings. The van der Waals surface area contributed by atoms with Crippen LogP contribution in [0.3, 0.4) is 0 Å². The summed E-state index contributed by atoms with van der Waals surface area (Å²) in [6, 6.07) is 0.903. The number of hydrogen-bond acceptors (Lipinski definition) is 0. The minimum absolute atomic E-state index is 0.301. The summed E-state index contributed by atoms with van der Waals surface area (Å²) in [7, 11) is -2.99. The summed E-state index contributed by atoms with van der Waals surface area (Å²) in [5.41, 5.74) is -2.54. The summed E-state index contributed by atoms with van der Waals surface area (Å²) in [5, 5.41) is -2.46. The van der Waals surface area contributed by atoms with Gasteiger partial charge < -0.3 is 0 Å². The molecule has 3 aromatic carbocycles. The van der Waals surface area contributed by atoms with Gasteiger partial charge in [-0.15, -0.1) is 0 Å². The van der Waals surface area contributed by atoms with Gasteiger partial charge in [0, 0.05) is 32.6 Å². The van der Waals surface area contributed by atoms with Crippen molar-refractivity contribution < 1.29 is 39.5 Å². The highest BCUT2D eigenvalue weighted by Gasteiger charge is 2.32. The lowest BCUT2D eigenvalue weighted by molar-refractivity contribution is 0.487. The lowest BCUT2D eigenvalue weighted by Crippen LogP contribution is -2.30. The van der Waals surface area contributed by atoms with E-state index in [0.29, 0.717) is 18.2 Å². The molecule has 0 unspecified atom stereocenters. The van der Waals surface area contributed by atoms with Crippen molar-refractivity contribution in [3.05, 3.63) is 87.2 Å². The van der Waals surface area contributed by atoms with Crippen LogP contribution in [-0.2, 0) is 0 Å². The van der Waals surface area contributed by atoms with Crippen LogP contribution in [0, 0.1) is 73.1 Å². The molecule has 3 aromatic rings. The van der Waals surface area contributed by atoms with Gasteiger partial charge in [-0.25, -0.2) is 39.5 Å². The van der Waals surface area contributed by atoms with Gasteiger partial charge >= 0.3 is 0 Å². The zero-order valence-electron chi connectivity index (χ0n) is 16.1. The highest BCUT2D eigenvalue weighted by molar-refractivity contribution is 7.79. The molecule has 0 nitrogen and oxygen atoms in total. The predicted octanol–water partition coefficient (Wildman–Crippen LogP) is 5.62. The zero-order valence-corrected chi connectivity index (χ0v) is 17.0. The summed E-state index contributed by atoms with van der Waals surface area (Å²) in [5.74, 6) is -13.7. The minimum Gasteiger partial charge on any atom is -0.206 e. The van der Waals surface area contributed by atoms with Crippen LogP contribution in [0.5, 0.6) is 0 Å². The van der Waals surface area contributed by atoms with Gasteiger partial charge in [0.05, 0.1) is 0 Å². The van der Waals surface area contributed by atoms with Crippen LogP contribution < -0.4 is 15.9 Å². The van der Waals surface area contributed by atoms with Crippen LogP contribution in [-0.4, -0.2) is 0 Å². The second kappa shape index (κ2) is 8.19. The molecule has 0 amide bonds. The fourth-order valence-electron chi connectivity index (χ4n) is 3.02. The van der Waals surface area contributed by atoms with Gasteiger partial charge in [-0.3, -0.25) is 0 Å². The largest absolute Gasteiger partial charge is 0.206 e. The van der Waals surface area contributed by atoms with Gasteiger partial charge in [-0.2, -0.15) is 0 Å². The fraction of sp³-hybridized carbons (Fsp3) is 0.143. The van der Waals surface area contributed by atoms with E-state index in [1.54, 1.807) is 0 Å². The molecule has 0 aliphatic carbocycles. The Morgan fingerprint density at radius 2 is 0.645 bits per heavy atom. The van der Waals surface area contributed by atoms with E-state index in [4.69, 9.17) is 0 Å². The monoisotopic (exact) mass is 466 g/mol. The first-order valence-corrected chi connectivity index (χ1v) is 9.95. The maximum Gasteiger partial charge on any atom is 0.164 e. The van der Waals surface area contributed by atoms with Gasteiger partial charge in [-0.05, 0) is 46.9 Å². The highest BCUT2D eigenvalue weighted by Crippen LogP contribution is 2.39. The number of rotatable bonds is 3. The molecular formula is C21H12F9P. The SMILES string of the molecule is Cc1c(F)c(F)cc(P(c2cc(F)c(F)c(C)c2F)c2cc(F)c(F)c(C)c2F)c1F. The summed E-state index contributed by atoms with van der Waals surface area (Å²) in [6.07, 6.45) is 0. The van der Waals surface area contributed by atoms with Crippen molar-refractivity contribution in [1.82, 2.24) is 0 Å². The fourth-order valence-corrected chi connectivity index (χ4v) is 5.62. The van der Waals surface area contributed by atoms with Crippen LogP contribution in [0.2, 0.25) is 0 Å². The predicted molar refractivity (Wildman–Crippen MR) is 99.0 cm³/mol. The number of benzene rings is 3. The molecular weight excluding hydrogens is 454 g/mol. The van der Waals surface area contributed by atoms with Crippen molar-refractivity contribution in [1.29, 1.82) is 0 Å². The third kappa shape index (κ3) is 3.69. The Morgan fingerprint density at radius 3 is 0.871 bits per heavy atom. The summed E-state index contributed by atoms with van der Waals surface area (Å²) in [6.45, 7) is 2.55. The third-order valence-electron chi connectivity index (χ3n) is 4.79. The van der Waals surface area contributed by atoms with E-state index in [0.717, 1.165) is 20.8 Å². The topological polar surface area (TPSA) is 0 Å². The van der Waals surface area contributed by atoms with Gasteiger partial charge in [0.25, 0.3) is 0 Å². The lowest BCUT2D eigenvalue weighted by Gasteiger charge is -2.23. The van der Waals surface area contributed by atoms with E-state index in [2.05, 4.69) is 0 Å². The standard InChI is InChI=1S/C21H12F9P/c1-7-16(25)10(22)4-13(19(7)28)31(14-5-11(23)17(26)8(2)20(14)29)15-6-12(24)18(27)9(3)21(15)30/h4-6H,1-3H3. The van der Waals surface area contributed by atoms with Crippen molar-refractivity contribution in [2.75, 3.05) is 0 Å². The van der Waals surface area contributed by atoms with E-state index in [1.165, 1.54) is 0 Å². The second-order valence-electron chi connectivity index (χ2n) is 6.73. The average Bonchev–Trinajstić information content (AvgIpc) is 2.74. The van der Waals surface area contributed by atoms with Crippen molar-refractivity contribution in [3.8, 4) is 0 Å². The molecule has 0 radical (unpaired) electrons. The quantitative estimate of drug-likeness (QED) is 0.267. The van der Waals surface area contributed by atoms with Crippen molar-refractivity contribution in [2.24, 2.45) is 0 Å². The summed E-state index contributed by atoms with van der Waals surface area (Å²) < 4.78 is 128. The first kappa shape index (κ1) is 23.1. The second-order valence-corrected chi connectivity index (χ2v) is 8.84. The lowest BCUT2D eigenvalue weighted by atomic mass is 10.2. The normalized spacial score (nSPS) is 11.5. The molecule has 0 spiro atoms. The molecule has 0 saturated heterocycles. The number of hydrogen-bond donors (Lipinski definition) is 0. The van der Waals surface area contributed by atoms with Crippen LogP contribution in [0.25, 0.3) is 0 Å². The van der Waals surface area contributed by atoms with Gasteiger partial charge in [-0.1, -0.05) is 0 Å². The molecule has 164 valence electrons. The zero-order chi connectivity index (χ0) is 23.4. The highest BCUT2D eigenvalue weighted by atomic mass is 31.1. The molecule has 10 heteroatoms. The van der Waals surface area contributed by atoms with Gasteiger partial charge in [0.15, 0.2) is 34.9 Å². The van der Waals surface area contributed by atoms with Crippen LogP contribution in [0.15, 0.2) is 18.2 Å². The molecule has 31 heavy (non-hydrogen) atoms. The van der Waals surface area contributed by atoms with E-state index >= 15 is 0 Å². The molecule has 0 aromatic heterocycles. The minimum atomic E-state index is -2.99. The molecule has 0 saturated carbocycles.